The summed E-state index contributed by atoms with van der Waals surface area (Å²) in [5.74, 6) is -0.159. The van der Waals surface area contributed by atoms with Crippen LogP contribution in [0.2, 0.25) is 0 Å². The van der Waals surface area contributed by atoms with Gasteiger partial charge in [-0.3, -0.25) is 25.5 Å². The van der Waals surface area contributed by atoms with Gasteiger partial charge in [-0.15, -0.1) is 0 Å². The van der Waals surface area contributed by atoms with Gasteiger partial charge in [-0.25, -0.2) is 4.68 Å². The van der Waals surface area contributed by atoms with E-state index < -0.39 is 10.8 Å². The summed E-state index contributed by atoms with van der Waals surface area (Å²) >= 11 is 5.03. The van der Waals surface area contributed by atoms with Gasteiger partial charge in [0.05, 0.1) is 4.92 Å². The van der Waals surface area contributed by atoms with Crippen LogP contribution in [-0.2, 0) is 11.3 Å². The summed E-state index contributed by atoms with van der Waals surface area (Å²) in [4.78, 5) is 22.1. The number of rotatable bonds is 6. The highest BCUT2D eigenvalue weighted by molar-refractivity contribution is 7.80. The van der Waals surface area contributed by atoms with E-state index >= 15 is 0 Å². The maximum Gasteiger partial charge on any atom is 0.270 e. The van der Waals surface area contributed by atoms with Gasteiger partial charge < -0.3 is 0 Å². The monoisotopic (exact) mass is 361 g/mol. The van der Waals surface area contributed by atoms with Crippen LogP contribution in [0.5, 0.6) is 0 Å². The maximum atomic E-state index is 11.9. The van der Waals surface area contributed by atoms with E-state index in [1.54, 1.807) is 6.07 Å². The minimum Gasteiger partial charge on any atom is -0.300 e. The fraction of sp³-hybridized carbons (Fsp3) is 0.214. The number of nitrogens with zero attached hydrogens (tertiary/aromatic N) is 5. The first kappa shape index (κ1) is 18.1. The van der Waals surface area contributed by atoms with E-state index in [0.29, 0.717) is 18.1 Å². The molecule has 11 heteroatoms. The van der Waals surface area contributed by atoms with Crippen LogP contribution in [-0.4, -0.2) is 36.2 Å². The maximum absolute atomic E-state index is 11.9. The van der Waals surface area contributed by atoms with Crippen molar-refractivity contribution in [3.8, 4) is 0 Å². The van der Waals surface area contributed by atoms with Crippen molar-refractivity contribution in [1.29, 1.82) is 0 Å². The van der Waals surface area contributed by atoms with Crippen molar-refractivity contribution in [2.75, 3.05) is 5.32 Å². The minimum absolute atomic E-state index is 0.0424. The van der Waals surface area contributed by atoms with Crippen molar-refractivity contribution in [1.82, 2.24) is 25.5 Å². The molecule has 10 nitrogen and oxygen atoms in total. The molecule has 0 unspecified atom stereocenters. The molecule has 0 fully saturated rings. The van der Waals surface area contributed by atoms with Gasteiger partial charge in [-0.1, -0.05) is 24.2 Å². The van der Waals surface area contributed by atoms with Crippen molar-refractivity contribution < 1.29 is 9.72 Å². The van der Waals surface area contributed by atoms with E-state index in [9.17, 15) is 14.9 Å². The van der Waals surface area contributed by atoms with Crippen LogP contribution in [0.4, 0.5) is 11.6 Å². The van der Waals surface area contributed by atoms with Crippen molar-refractivity contribution in [2.24, 2.45) is 0 Å². The number of carbonyl (C=O) groups is 1. The zero-order valence-corrected chi connectivity index (χ0v) is 14.1. The van der Waals surface area contributed by atoms with Crippen LogP contribution in [0.15, 0.2) is 30.3 Å². The molecule has 0 bridgehead atoms. The molecule has 1 amide bonds. The Morgan fingerprint density at radius 3 is 3.00 bits per heavy atom. The third-order valence-electron chi connectivity index (χ3n) is 2.94. The summed E-state index contributed by atoms with van der Waals surface area (Å²) < 4.78 is 1.53. The number of carbonyl (C=O) groups excluding carboxylic acids is 1. The smallest absolute Gasteiger partial charge is 0.270 e. The molecule has 2 rings (SSSR count). The number of tetrazole rings is 1. The molecule has 0 aliphatic heterocycles. The normalized spacial score (nSPS) is 10.6. The summed E-state index contributed by atoms with van der Waals surface area (Å²) in [7, 11) is 0. The van der Waals surface area contributed by atoms with Gasteiger partial charge in [0.2, 0.25) is 11.9 Å². The summed E-state index contributed by atoms with van der Waals surface area (Å²) in [6.45, 7) is 2.59. The zero-order chi connectivity index (χ0) is 18.2. The van der Waals surface area contributed by atoms with Crippen molar-refractivity contribution in [3.63, 3.8) is 0 Å². The van der Waals surface area contributed by atoms with Gasteiger partial charge in [0.15, 0.2) is 5.11 Å². The molecule has 2 aromatic rings. The van der Waals surface area contributed by atoms with Crippen molar-refractivity contribution in [2.45, 2.75) is 19.9 Å². The van der Waals surface area contributed by atoms with Gasteiger partial charge in [0, 0.05) is 24.8 Å². The first-order valence-corrected chi connectivity index (χ1v) is 7.71. The molecule has 25 heavy (non-hydrogen) atoms. The molecule has 1 aromatic carbocycles. The summed E-state index contributed by atoms with van der Waals surface area (Å²) in [5.41, 5.74) is 0.470. The van der Waals surface area contributed by atoms with E-state index in [2.05, 4.69) is 26.2 Å². The lowest BCUT2D eigenvalue weighted by molar-refractivity contribution is -0.384. The second-order valence-corrected chi connectivity index (χ2v) is 5.26. The molecule has 0 spiro atoms. The quantitative estimate of drug-likeness (QED) is 0.343. The van der Waals surface area contributed by atoms with E-state index in [-0.39, 0.29) is 10.8 Å². The number of aromatic nitrogens is 4. The van der Waals surface area contributed by atoms with Crippen LogP contribution in [0.1, 0.15) is 18.9 Å². The highest BCUT2D eigenvalue weighted by Gasteiger charge is 2.08. The SMILES string of the molecule is CCCn1nnnc1NC(=S)NC(=O)C=Cc1cccc([N+](=O)[O-])c1. The minimum atomic E-state index is -0.503. The second kappa shape index (κ2) is 8.59. The number of nitro benzene ring substituents is 1. The average Bonchev–Trinajstić information content (AvgIpc) is 3.00. The Kier molecular flexibility index (Phi) is 6.23. The van der Waals surface area contributed by atoms with Crippen LogP contribution in [0, 0.1) is 10.1 Å². The van der Waals surface area contributed by atoms with Gasteiger partial charge >= 0.3 is 0 Å². The first-order chi connectivity index (χ1) is 12.0. The number of amides is 1. The molecule has 130 valence electrons. The number of non-ortho nitro benzene ring substituents is 1. The Bertz CT molecular complexity index is 818. The number of hydrogen-bond acceptors (Lipinski definition) is 7. The third-order valence-corrected chi connectivity index (χ3v) is 3.14. The van der Waals surface area contributed by atoms with Gasteiger partial charge in [-0.2, -0.15) is 0 Å². The van der Waals surface area contributed by atoms with Crippen LogP contribution >= 0.6 is 12.2 Å². The fourth-order valence-electron chi connectivity index (χ4n) is 1.86. The number of hydrogen-bond donors (Lipinski definition) is 2. The van der Waals surface area contributed by atoms with Gasteiger partial charge in [-0.05, 0) is 40.7 Å². The Labute approximate surface area is 148 Å². The fourth-order valence-corrected chi connectivity index (χ4v) is 2.05. The van der Waals surface area contributed by atoms with E-state index in [1.807, 2.05) is 6.92 Å². The molecule has 0 saturated carbocycles. The van der Waals surface area contributed by atoms with Crippen molar-refractivity contribution >= 4 is 40.9 Å². The molecule has 1 aromatic heterocycles. The number of anilines is 1. The Balaban J connectivity index is 1.93. The highest BCUT2D eigenvalue weighted by atomic mass is 32.1. The number of aryl methyl sites for hydroxylation is 1. The molecule has 0 atom stereocenters. The van der Waals surface area contributed by atoms with Crippen LogP contribution < -0.4 is 10.6 Å². The number of benzene rings is 1. The average molecular weight is 361 g/mol. The number of thiocarbonyl (C=S) groups is 1. The molecule has 0 radical (unpaired) electrons. The lowest BCUT2D eigenvalue weighted by Gasteiger charge is -2.07. The second-order valence-electron chi connectivity index (χ2n) is 4.85. The molecule has 0 saturated heterocycles. The molecule has 2 N–H and O–H groups in total. The molecule has 1 heterocycles. The van der Waals surface area contributed by atoms with Crippen LogP contribution in [0.3, 0.4) is 0 Å². The predicted molar refractivity (Wildman–Crippen MR) is 94.6 cm³/mol. The van der Waals surface area contributed by atoms with E-state index in [1.165, 1.54) is 35.0 Å². The molecular formula is C14H15N7O3S. The summed E-state index contributed by atoms with van der Waals surface area (Å²) in [5, 5.41) is 27.0. The van der Waals surface area contributed by atoms with Gasteiger partial charge in [0.25, 0.3) is 5.69 Å². The lowest BCUT2D eigenvalue weighted by Crippen LogP contribution is -2.33. The number of nitro groups is 1. The first-order valence-electron chi connectivity index (χ1n) is 7.30. The van der Waals surface area contributed by atoms with E-state index in [0.717, 1.165) is 6.42 Å². The Morgan fingerprint density at radius 2 is 2.28 bits per heavy atom. The largest absolute Gasteiger partial charge is 0.300 e. The van der Waals surface area contributed by atoms with E-state index in [4.69, 9.17) is 12.2 Å². The van der Waals surface area contributed by atoms with Crippen molar-refractivity contribution in [3.05, 3.63) is 46.0 Å². The zero-order valence-electron chi connectivity index (χ0n) is 13.2. The molecule has 0 aliphatic rings. The Morgan fingerprint density at radius 1 is 1.48 bits per heavy atom. The number of nitrogens with one attached hydrogen (secondary N) is 2. The molecular weight excluding hydrogens is 346 g/mol. The Hall–Kier alpha value is -3.21. The van der Waals surface area contributed by atoms with Crippen LogP contribution in [0.25, 0.3) is 6.08 Å². The lowest BCUT2D eigenvalue weighted by atomic mass is 10.2. The standard InChI is InChI=1S/C14H15N7O3S/c1-2-8-20-13(17-18-19-20)16-14(25)15-12(22)7-6-10-4-3-5-11(9-10)21(23)24/h3-7,9H,2,8H2,1H3,(H2,15,16,17,19,22,25). The van der Waals surface area contributed by atoms with Gasteiger partial charge in [0.1, 0.15) is 0 Å². The summed E-state index contributed by atoms with van der Waals surface area (Å²) in [6.07, 6.45) is 3.51. The third kappa shape index (κ3) is 5.42. The topological polar surface area (TPSA) is 128 Å². The predicted octanol–water partition coefficient (Wildman–Crippen LogP) is 1.52. The summed E-state index contributed by atoms with van der Waals surface area (Å²) in [6, 6.07) is 5.91. The molecule has 0 aliphatic carbocycles. The highest BCUT2D eigenvalue weighted by Crippen LogP contribution is 2.14.